The van der Waals surface area contributed by atoms with Gasteiger partial charge in [0, 0.05) is 23.6 Å². The second-order valence-corrected chi connectivity index (χ2v) is 8.26. The number of benzene rings is 1. The molecule has 0 bridgehead atoms. The molecule has 1 aromatic carbocycles. The maximum Gasteiger partial charge on any atom is 0.244 e. The molecular formula is C15H23BrN2O2S. The fourth-order valence-corrected chi connectivity index (χ4v) is 5.33. The van der Waals surface area contributed by atoms with Crippen molar-refractivity contribution >= 4 is 26.0 Å². The molecule has 0 aliphatic carbocycles. The SMILES string of the molecule is CCCNCc1ccc(Br)c(S(=O)(=O)N2CCCC2C)c1. The lowest BCUT2D eigenvalue weighted by molar-refractivity contribution is 0.408. The second kappa shape index (κ2) is 7.22. The minimum absolute atomic E-state index is 0.0868. The van der Waals surface area contributed by atoms with Gasteiger partial charge in [-0.05, 0) is 66.4 Å². The lowest BCUT2D eigenvalue weighted by Crippen LogP contribution is -2.34. The number of nitrogens with one attached hydrogen (secondary N) is 1. The summed E-state index contributed by atoms with van der Waals surface area (Å²) in [6, 6.07) is 5.66. The van der Waals surface area contributed by atoms with Crippen molar-refractivity contribution in [3.05, 3.63) is 28.2 Å². The fourth-order valence-electron chi connectivity index (χ4n) is 2.66. The smallest absolute Gasteiger partial charge is 0.244 e. The third-order valence-corrected chi connectivity index (χ3v) is 6.84. The van der Waals surface area contributed by atoms with Gasteiger partial charge in [0.1, 0.15) is 0 Å². The van der Waals surface area contributed by atoms with E-state index in [0.29, 0.717) is 22.5 Å². The molecular weight excluding hydrogens is 352 g/mol. The van der Waals surface area contributed by atoms with Crippen LogP contribution in [0.15, 0.2) is 27.6 Å². The van der Waals surface area contributed by atoms with Gasteiger partial charge < -0.3 is 5.32 Å². The molecule has 0 spiro atoms. The molecule has 1 unspecified atom stereocenters. The lowest BCUT2D eigenvalue weighted by Gasteiger charge is -2.22. The van der Waals surface area contributed by atoms with Crippen LogP contribution in [0.5, 0.6) is 0 Å². The Labute approximate surface area is 136 Å². The Kier molecular flexibility index (Phi) is 5.82. The van der Waals surface area contributed by atoms with E-state index in [9.17, 15) is 8.42 Å². The van der Waals surface area contributed by atoms with Crippen molar-refractivity contribution in [3.63, 3.8) is 0 Å². The summed E-state index contributed by atoms with van der Waals surface area (Å²) in [5.41, 5.74) is 0.997. The topological polar surface area (TPSA) is 49.4 Å². The predicted octanol–water partition coefficient (Wildman–Crippen LogP) is 3.12. The number of hydrogen-bond acceptors (Lipinski definition) is 3. The number of rotatable bonds is 6. The molecule has 0 saturated carbocycles. The molecule has 1 saturated heterocycles. The van der Waals surface area contributed by atoms with Crippen LogP contribution in [0, 0.1) is 0 Å². The Morgan fingerprint density at radius 2 is 2.19 bits per heavy atom. The van der Waals surface area contributed by atoms with E-state index in [2.05, 4.69) is 28.2 Å². The number of hydrogen-bond donors (Lipinski definition) is 1. The van der Waals surface area contributed by atoms with Gasteiger partial charge in [0.25, 0.3) is 0 Å². The molecule has 0 radical (unpaired) electrons. The van der Waals surface area contributed by atoms with E-state index in [4.69, 9.17) is 0 Å². The third-order valence-electron chi connectivity index (χ3n) is 3.83. The molecule has 21 heavy (non-hydrogen) atoms. The van der Waals surface area contributed by atoms with Gasteiger partial charge in [0.15, 0.2) is 0 Å². The Balaban J connectivity index is 2.27. The van der Waals surface area contributed by atoms with Gasteiger partial charge in [0.05, 0.1) is 4.90 Å². The summed E-state index contributed by atoms with van der Waals surface area (Å²) < 4.78 is 27.9. The Hall–Kier alpha value is -0.430. The van der Waals surface area contributed by atoms with Crippen molar-refractivity contribution in [2.24, 2.45) is 0 Å². The highest BCUT2D eigenvalue weighted by molar-refractivity contribution is 9.10. The van der Waals surface area contributed by atoms with Crippen molar-refractivity contribution in [1.29, 1.82) is 0 Å². The molecule has 1 aromatic rings. The van der Waals surface area contributed by atoms with Gasteiger partial charge in [-0.2, -0.15) is 4.31 Å². The molecule has 1 heterocycles. The molecule has 1 aliphatic heterocycles. The van der Waals surface area contributed by atoms with Gasteiger partial charge in [-0.3, -0.25) is 0 Å². The summed E-state index contributed by atoms with van der Waals surface area (Å²) >= 11 is 3.39. The average molecular weight is 375 g/mol. The molecule has 1 fully saturated rings. The normalized spacial score (nSPS) is 20.0. The number of nitrogens with zero attached hydrogens (tertiary/aromatic N) is 1. The van der Waals surface area contributed by atoms with Crippen LogP contribution in [0.4, 0.5) is 0 Å². The van der Waals surface area contributed by atoms with Crippen molar-refractivity contribution < 1.29 is 8.42 Å². The van der Waals surface area contributed by atoms with Crippen LogP contribution in [0.25, 0.3) is 0 Å². The van der Waals surface area contributed by atoms with E-state index >= 15 is 0 Å². The first-order chi connectivity index (χ1) is 9.96. The van der Waals surface area contributed by atoms with Crippen LogP contribution in [0.1, 0.15) is 38.7 Å². The third kappa shape index (κ3) is 3.86. The van der Waals surface area contributed by atoms with E-state index in [-0.39, 0.29) is 6.04 Å². The molecule has 2 rings (SSSR count). The predicted molar refractivity (Wildman–Crippen MR) is 88.7 cm³/mol. The maximum atomic E-state index is 12.8. The quantitative estimate of drug-likeness (QED) is 0.778. The Morgan fingerprint density at radius 1 is 1.43 bits per heavy atom. The molecule has 6 heteroatoms. The standard InChI is InChI=1S/C15H23BrN2O2S/c1-3-8-17-11-13-6-7-14(16)15(10-13)21(19,20)18-9-4-5-12(18)2/h6-7,10,12,17H,3-5,8-9,11H2,1-2H3. The molecule has 4 nitrogen and oxygen atoms in total. The van der Waals surface area contributed by atoms with Gasteiger partial charge in [-0.25, -0.2) is 8.42 Å². The van der Waals surface area contributed by atoms with Crippen molar-refractivity contribution in [3.8, 4) is 0 Å². The molecule has 1 aliphatic rings. The van der Waals surface area contributed by atoms with Crippen LogP contribution in [0.2, 0.25) is 0 Å². The van der Waals surface area contributed by atoms with Crippen LogP contribution >= 0.6 is 15.9 Å². The number of halogens is 1. The number of sulfonamides is 1. The van der Waals surface area contributed by atoms with E-state index < -0.39 is 10.0 Å². The van der Waals surface area contributed by atoms with E-state index in [1.165, 1.54) is 0 Å². The van der Waals surface area contributed by atoms with Gasteiger partial charge in [-0.1, -0.05) is 13.0 Å². The molecule has 0 aromatic heterocycles. The zero-order valence-corrected chi connectivity index (χ0v) is 15.0. The van der Waals surface area contributed by atoms with Gasteiger partial charge >= 0.3 is 0 Å². The summed E-state index contributed by atoms with van der Waals surface area (Å²) in [6.45, 7) is 6.33. The van der Waals surface area contributed by atoms with Crippen LogP contribution in [0.3, 0.4) is 0 Å². The minimum Gasteiger partial charge on any atom is -0.313 e. The van der Waals surface area contributed by atoms with Crippen LogP contribution in [-0.2, 0) is 16.6 Å². The summed E-state index contributed by atoms with van der Waals surface area (Å²) in [7, 11) is -3.41. The summed E-state index contributed by atoms with van der Waals surface area (Å²) in [6.07, 6.45) is 2.94. The monoisotopic (exact) mass is 374 g/mol. The van der Waals surface area contributed by atoms with E-state index in [1.54, 1.807) is 10.4 Å². The van der Waals surface area contributed by atoms with Crippen molar-refractivity contribution in [1.82, 2.24) is 9.62 Å². The molecule has 118 valence electrons. The summed E-state index contributed by atoms with van der Waals surface area (Å²) in [5.74, 6) is 0. The Bertz CT molecular complexity index is 589. The van der Waals surface area contributed by atoms with E-state index in [1.807, 2.05) is 19.1 Å². The largest absolute Gasteiger partial charge is 0.313 e. The molecule has 1 atom stereocenters. The zero-order chi connectivity index (χ0) is 15.5. The summed E-state index contributed by atoms with van der Waals surface area (Å²) in [5, 5.41) is 3.30. The van der Waals surface area contributed by atoms with Crippen LogP contribution < -0.4 is 5.32 Å². The first-order valence-corrected chi connectivity index (χ1v) is 9.71. The lowest BCUT2D eigenvalue weighted by atomic mass is 10.2. The minimum atomic E-state index is -3.41. The first-order valence-electron chi connectivity index (χ1n) is 7.47. The highest BCUT2D eigenvalue weighted by Gasteiger charge is 2.33. The van der Waals surface area contributed by atoms with Gasteiger partial charge in [-0.15, -0.1) is 0 Å². The first kappa shape index (κ1) is 16.9. The van der Waals surface area contributed by atoms with Gasteiger partial charge in [0.2, 0.25) is 10.0 Å². The van der Waals surface area contributed by atoms with E-state index in [0.717, 1.165) is 31.4 Å². The molecule has 1 N–H and O–H groups in total. The van der Waals surface area contributed by atoms with Crippen molar-refractivity contribution in [2.45, 2.75) is 50.6 Å². The Morgan fingerprint density at radius 3 is 2.81 bits per heavy atom. The fraction of sp³-hybridized carbons (Fsp3) is 0.600. The summed E-state index contributed by atoms with van der Waals surface area (Å²) in [4.78, 5) is 0.382. The highest BCUT2D eigenvalue weighted by atomic mass is 79.9. The van der Waals surface area contributed by atoms with Crippen molar-refractivity contribution in [2.75, 3.05) is 13.1 Å². The van der Waals surface area contributed by atoms with Crippen LogP contribution in [-0.4, -0.2) is 31.9 Å². The maximum absolute atomic E-state index is 12.8. The second-order valence-electron chi connectivity index (χ2n) is 5.55. The highest BCUT2D eigenvalue weighted by Crippen LogP contribution is 2.30. The molecule has 0 amide bonds. The zero-order valence-electron chi connectivity index (χ0n) is 12.6. The average Bonchev–Trinajstić information content (AvgIpc) is 2.88.